The summed E-state index contributed by atoms with van der Waals surface area (Å²) in [5, 5.41) is 22.7. The maximum atomic E-state index is 13.0. The molecule has 30 heavy (non-hydrogen) atoms. The lowest BCUT2D eigenvalue weighted by Crippen LogP contribution is -2.58. The van der Waals surface area contributed by atoms with E-state index in [1.54, 1.807) is 6.92 Å². The Morgan fingerprint density at radius 3 is 2.30 bits per heavy atom. The number of likely N-dealkylation sites (tertiary alicyclic amines) is 1. The number of amides is 4. The smallest absolute Gasteiger partial charge is 0.328 e. The zero-order valence-corrected chi connectivity index (χ0v) is 17.2. The molecular formula is C18H31N5O7. The zero-order chi connectivity index (χ0) is 23.0. The molecule has 0 aromatic carbocycles. The van der Waals surface area contributed by atoms with Crippen LogP contribution in [0.3, 0.4) is 0 Å². The molecule has 0 aromatic rings. The number of carbonyl (C=O) groups excluding carboxylic acids is 4. The van der Waals surface area contributed by atoms with Gasteiger partial charge in [-0.15, -0.1) is 0 Å². The molecule has 1 aliphatic rings. The number of carboxylic acids is 1. The average Bonchev–Trinajstić information content (AvgIpc) is 3.18. The fraction of sp³-hybridized carbons (Fsp3) is 0.722. The van der Waals surface area contributed by atoms with Crippen molar-refractivity contribution in [1.82, 2.24) is 15.5 Å². The topological polar surface area (TPSA) is 205 Å². The Bertz CT molecular complexity index is 671. The van der Waals surface area contributed by atoms with Gasteiger partial charge in [-0.2, -0.15) is 0 Å². The molecule has 1 heterocycles. The molecule has 12 heteroatoms. The number of aliphatic hydroxyl groups excluding tert-OH is 1. The third-order valence-electron chi connectivity index (χ3n) is 5.22. The van der Waals surface area contributed by atoms with Gasteiger partial charge in [-0.1, -0.05) is 20.3 Å². The van der Waals surface area contributed by atoms with Crippen LogP contribution in [0, 0.1) is 5.92 Å². The van der Waals surface area contributed by atoms with E-state index in [4.69, 9.17) is 21.7 Å². The lowest BCUT2D eigenvalue weighted by atomic mass is 9.99. The first-order valence-electron chi connectivity index (χ1n) is 9.82. The van der Waals surface area contributed by atoms with Gasteiger partial charge in [0.15, 0.2) is 0 Å². The van der Waals surface area contributed by atoms with Crippen molar-refractivity contribution in [3.05, 3.63) is 0 Å². The van der Waals surface area contributed by atoms with E-state index in [9.17, 15) is 24.0 Å². The Hall–Kier alpha value is -2.73. The van der Waals surface area contributed by atoms with Crippen LogP contribution in [0.1, 0.15) is 39.5 Å². The highest BCUT2D eigenvalue weighted by atomic mass is 16.4. The minimum absolute atomic E-state index is 0.161. The summed E-state index contributed by atoms with van der Waals surface area (Å²) in [4.78, 5) is 61.5. The summed E-state index contributed by atoms with van der Waals surface area (Å²) >= 11 is 0. The second-order valence-electron chi connectivity index (χ2n) is 7.41. The lowest BCUT2D eigenvalue weighted by molar-refractivity contribution is -0.146. The number of rotatable bonds is 11. The minimum atomic E-state index is -1.51. The van der Waals surface area contributed by atoms with Crippen molar-refractivity contribution in [2.24, 2.45) is 17.4 Å². The molecule has 0 saturated carbocycles. The fourth-order valence-electron chi connectivity index (χ4n) is 3.14. The number of hydrogen-bond donors (Lipinski definition) is 6. The summed E-state index contributed by atoms with van der Waals surface area (Å²) in [6, 6.07) is -4.70. The van der Waals surface area contributed by atoms with Crippen LogP contribution in [-0.2, 0) is 24.0 Å². The summed E-state index contributed by atoms with van der Waals surface area (Å²) in [5.41, 5.74) is 11.1. The van der Waals surface area contributed by atoms with Crippen LogP contribution < -0.4 is 22.1 Å². The van der Waals surface area contributed by atoms with Crippen LogP contribution in [-0.4, -0.2) is 82.0 Å². The lowest BCUT2D eigenvalue weighted by Gasteiger charge is -2.29. The fourth-order valence-corrected chi connectivity index (χ4v) is 3.14. The van der Waals surface area contributed by atoms with E-state index in [2.05, 4.69) is 10.6 Å². The summed E-state index contributed by atoms with van der Waals surface area (Å²) in [6.45, 7) is 3.00. The second kappa shape index (κ2) is 11.5. The van der Waals surface area contributed by atoms with E-state index in [1.807, 2.05) is 6.92 Å². The number of aliphatic hydroxyl groups is 1. The Balaban J connectivity index is 2.96. The van der Waals surface area contributed by atoms with E-state index >= 15 is 0 Å². The SMILES string of the molecule is CC[C@H](C)[C@H](N)C(=O)N[C@@H](CC(N)=O)C(=O)N1CCC[C@H]1C(=O)N[C@@H](CO)C(=O)O. The van der Waals surface area contributed by atoms with E-state index in [0.717, 1.165) is 0 Å². The Kier molecular flexibility index (Phi) is 9.66. The summed E-state index contributed by atoms with van der Waals surface area (Å²) in [5.74, 6) is -4.45. The van der Waals surface area contributed by atoms with Gasteiger partial charge in [0.1, 0.15) is 18.1 Å². The number of nitrogens with zero attached hydrogens (tertiary/aromatic N) is 1. The molecule has 1 saturated heterocycles. The van der Waals surface area contributed by atoms with Crippen molar-refractivity contribution in [3.8, 4) is 0 Å². The monoisotopic (exact) mass is 429 g/mol. The highest BCUT2D eigenvalue weighted by Crippen LogP contribution is 2.20. The number of nitrogens with two attached hydrogens (primary N) is 2. The molecule has 1 aliphatic heterocycles. The summed E-state index contributed by atoms with van der Waals surface area (Å²) in [7, 11) is 0. The van der Waals surface area contributed by atoms with Crippen molar-refractivity contribution in [3.63, 3.8) is 0 Å². The molecule has 1 fully saturated rings. The van der Waals surface area contributed by atoms with Gasteiger partial charge < -0.3 is 37.2 Å². The van der Waals surface area contributed by atoms with Gasteiger partial charge in [0.25, 0.3) is 0 Å². The largest absolute Gasteiger partial charge is 0.480 e. The molecule has 170 valence electrons. The van der Waals surface area contributed by atoms with Crippen LogP contribution in [0.5, 0.6) is 0 Å². The third kappa shape index (κ3) is 6.66. The average molecular weight is 429 g/mol. The Morgan fingerprint density at radius 2 is 1.80 bits per heavy atom. The van der Waals surface area contributed by atoms with Crippen LogP contribution in [0.25, 0.3) is 0 Å². The van der Waals surface area contributed by atoms with Crippen LogP contribution in [0.4, 0.5) is 0 Å². The minimum Gasteiger partial charge on any atom is -0.480 e. The molecule has 0 unspecified atom stereocenters. The first-order chi connectivity index (χ1) is 14.0. The summed E-state index contributed by atoms with van der Waals surface area (Å²) < 4.78 is 0. The van der Waals surface area contributed by atoms with Gasteiger partial charge in [0.2, 0.25) is 23.6 Å². The van der Waals surface area contributed by atoms with Gasteiger partial charge in [-0.05, 0) is 18.8 Å². The molecule has 4 amide bonds. The van der Waals surface area contributed by atoms with Crippen molar-refractivity contribution in [2.45, 2.75) is 63.7 Å². The van der Waals surface area contributed by atoms with Gasteiger partial charge in [-0.25, -0.2) is 4.79 Å². The molecule has 8 N–H and O–H groups in total. The number of nitrogens with one attached hydrogen (secondary N) is 2. The predicted octanol–water partition coefficient (Wildman–Crippen LogP) is -2.73. The van der Waals surface area contributed by atoms with E-state index in [-0.39, 0.29) is 18.9 Å². The van der Waals surface area contributed by atoms with Crippen molar-refractivity contribution in [1.29, 1.82) is 0 Å². The van der Waals surface area contributed by atoms with Gasteiger partial charge in [0.05, 0.1) is 19.1 Å². The highest BCUT2D eigenvalue weighted by Gasteiger charge is 2.39. The molecule has 0 bridgehead atoms. The second-order valence-corrected chi connectivity index (χ2v) is 7.41. The van der Waals surface area contributed by atoms with E-state index in [1.165, 1.54) is 4.90 Å². The number of hydrogen-bond acceptors (Lipinski definition) is 7. The third-order valence-corrected chi connectivity index (χ3v) is 5.22. The molecular weight excluding hydrogens is 398 g/mol. The van der Waals surface area contributed by atoms with Crippen molar-refractivity contribution < 1.29 is 34.2 Å². The quantitative estimate of drug-likeness (QED) is 0.203. The normalized spacial score (nSPS) is 20.0. The standard InChI is InChI=1S/C18H31N5O7/c1-3-9(2)14(20)16(27)21-10(7-13(19)25)17(28)23-6-4-5-12(23)15(26)22-11(8-24)18(29)30/h9-12,14,24H,3-8,20H2,1-2H3,(H2,19,25)(H,21,27)(H,22,26)(H,29,30)/t9-,10-,11-,12-,14-/m0/s1. The molecule has 12 nitrogen and oxygen atoms in total. The highest BCUT2D eigenvalue weighted by molar-refractivity contribution is 5.96. The zero-order valence-electron chi connectivity index (χ0n) is 17.2. The number of carboxylic acid groups (broad SMARTS) is 1. The summed E-state index contributed by atoms with van der Waals surface area (Å²) in [6.07, 6.45) is 0.882. The first-order valence-corrected chi connectivity index (χ1v) is 9.82. The van der Waals surface area contributed by atoms with Gasteiger partial charge in [0, 0.05) is 6.54 Å². The van der Waals surface area contributed by atoms with Gasteiger partial charge in [-0.3, -0.25) is 19.2 Å². The van der Waals surface area contributed by atoms with Gasteiger partial charge >= 0.3 is 5.97 Å². The molecule has 0 spiro atoms. The molecule has 0 radical (unpaired) electrons. The van der Waals surface area contributed by atoms with Crippen LogP contribution >= 0.6 is 0 Å². The Morgan fingerprint density at radius 1 is 1.17 bits per heavy atom. The molecule has 0 aliphatic carbocycles. The van der Waals surface area contributed by atoms with E-state index < -0.39 is 66.8 Å². The maximum absolute atomic E-state index is 13.0. The maximum Gasteiger partial charge on any atom is 0.328 e. The first kappa shape index (κ1) is 25.3. The predicted molar refractivity (Wildman–Crippen MR) is 105 cm³/mol. The van der Waals surface area contributed by atoms with Crippen molar-refractivity contribution in [2.75, 3.05) is 13.2 Å². The number of carbonyl (C=O) groups is 5. The Labute approximate surface area is 174 Å². The molecule has 1 rings (SSSR count). The number of primary amides is 1. The number of aliphatic carboxylic acids is 1. The van der Waals surface area contributed by atoms with Crippen molar-refractivity contribution >= 4 is 29.6 Å². The molecule has 5 atom stereocenters. The van der Waals surface area contributed by atoms with Crippen LogP contribution in [0.15, 0.2) is 0 Å². The van der Waals surface area contributed by atoms with E-state index in [0.29, 0.717) is 12.8 Å². The molecule has 0 aromatic heterocycles. The van der Waals surface area contributed by atoms with Crippen LogP contribution in [0.2, 0.25) is 0 Å².